The van der Waals surface area contributed by atoms with E-state index in [4.69, 9.17) is 9.47 Å². The van der Waals surface area contributed by atoms with Crippen molar-refractivity contribution in [3.05, 3.63) is 89.5 Å². The summed E-state index contributed by atoms with van der Waals surface area (Å²) in [6.45, 7) is 3.57. The van der Waals surface area contributed by atoms with E-state index in [1.54, 1.807) is 0 Å². The summed E-state index contributed by atoms with van der Waals surface area (Å²) in [5.74, 6) is 0.917. The molecule has 1 fully saturated rings. The molecule has 4 nitrogen and oxygen atoms in total. The van der Waals surface area contributed by atoms with Crippen molar-refractivity contribution in [2.45, 2.75) is 29.2 Å². The van der Waals surface area contributed by atoms with Gasteiger partial charge in [0.05, 0.1) is 6.04 Å². The minimum Gasteiger partial charge on any atom is -0.491 e. The first-order valence-corrected chi connectivity index (χ1v) is 12.3. The molecule has 5 rings (SSSR count). The predicted molar refractivity (Wildman–Crippen MR) is 135 cm³/mol. The zero-order valence-electron chi connectivity index (χ0n) is 18.0. The maximum Gasteiger partial charge on any atom is 0.410 e. The smallest absolute Gasteiger partial charge is 0.410 e. The number of benzene rings is 3. The first-order valence-electron chi connectivity index (χ1n) is 11.1. The molecular formula is C27H26INO3. The molecule has 0 radical (unpaired) electrons. The van der Waals surface area contributed by atoms with E-state index in [0.717, 1.165) is 17.7 Å². The number of ether oxygens (including phenoxy) is 2. The van der Waals surface area contributed by atoms with Gasteiger partial charge in [-0.1, -0.05) is 83.3 Å². The molecule has 0 spiro atoms. The fourth-order valence-corrected chi connectivity index (χ4v) is 5.83. The number of fused-ring (bicyclic) bond motifs is 3. The van der Waals surface area contributed by atoms with Crippen molar-refractivity contribution in [2.24, 2.45) is 0 Å². The Labute approximate surface area is 202 Å². The van der Waals surface area contributed by atoms with Gasteiger partial charge in [-0.25, -0.2) is 4.79 Å². The summed E-state index contributed by atoms with van der Waals surface area (Å²) in [5, 5.41) is 0. The first kappa shape index (κ1) is 21.3. The number of nitrogens with zero attached hydrogens (tertiary/aromatic N) is 1. The molecule has 0 bridgehead atoms. The van der Waals surface area contributed by atoms with Gasteiger partial charge < -0.3 is 14.4 Å². The van der Waals surface area contributed by atoms with Gasteiger partial charge in [0.2, 0.25) is 0 Å². The molecule has 164 valence electrons. The summed E-state index contributed by atoms with van der Waals surface area (Å²) >= 11 is 2.42. The van der Waals surface area contributed by atoms with E-state index < -0.39 is 0 Å². The molecule has 2 atom stereocenters. The van der Waals surface area contributed by atoms with Gasteiger partial charge in [-0.3, -0.25) is 0 Å². The van der Waals surface area contributed by atoms with Crippen LogP contribution < -0.4 is 4.74 Å². The number of carbonyl (C=O) groups excluding carboxylic acids is 1. The van der Waals surface area contributed by atoms with Crippen LogP contribution in [-0.4, -0.2) is 40.7 Å². The van der Waals surface area contributed by atoms with E-state index in [9.17, 15) is 4.79 Å². The average molecular weight is 539 g/mol. The summed E-state index contributed by atoms with van der Waals surface area (Å²) < 4.78 is 12.3. The molecule has 1 amide bonds. The number of halogens is 1. The van der Waals surface area contributed by atoms with Gasteiger partial charge in [0.1, 0.15) is 19.0 Å². The molecule has 0 N–H and O–H groups in total. The van der Waals surface area contributed by atoms with Crippen LogP contribution in [0.5, 0.6) is 5.75 Å². The molecule has 0 aromatic heterocycles. The molecule has 1 heterocycles. The Balaban J connectivity index is 1.26. The lowest BCUT2D eigenvalue weighted by molar-refractivity contribution is 0.0856. The predicted octanol–water partition coefficient (Wildman–Crippen LogP) is 6.20. The van der Waals surface area contributed by atoms with Crippen molar-refractivity contribution in [1.82, 2.24) is 4.90 Å². The lowest BCUT2D eigenvalue weighted by atomic mass is 9.98. The number of likely N-dealkylation sites (tertiary alicyclic amines) is 1. The third-order valence-electron chi connectivity index (χ3n) is 6.37. The van der Waals surface area contributed by atoms with Crippen LogP contribution >= 0.6 is 22.6 Å². The number of aryl methyl sites for hydroxylation is 1. The van der Waals surface area contributed by atoms with E-state index in [2.05, 4.69) is 71.1 Å². The van der Waals surface area contributed by atoms with Gasteiger partial charge in [0.25, 0.3) is 0 Å². The maximum atomic E-state index is 13.1. The van der Waals surface area contributed by atoms with Gasteiger partial charge in [0, 0.05) is 16.4 Å². The summed E-state index contributed by atoms with van der Waals surface area (Å²) in [6.07, 6.45) is 0.667. The van der Waals surface area contributed by atoms with Gasteiger partial charge in [0.15, 0.2) is 0 Å². The second-order valence-corrected chi connectivity index (χ2v) is 10.3. The van der Waals surface area contributed by atoms with E-state index in [1.165, 1.54) is 22.3 Å². The maximum absolute atomic E-state index is 13.1. The monoisotopic (exact) mass is 539 g/mol. The Morgan fingerprint density at radius 2 is 1.66 bits per heavy atom. The van der Waals surface area contributed by atoms with Crippen molar-refractivity contribution >= 4 is 28.7 Å². The van der Waals surface area contributed by atoms with Crippen LogP contribution in [-0.2, 0) is 4.74 Å². The molecule has 3 aromatic carbocycles. The topological polar surface area (TPSA) is 38.8 Å². The van der Waals surface area contributed by atoms with Gasteiger partial charge >= 0.3 is 6.09 Å². The Kier molecular flexibility index (Phi) is 6.09. The highest BCUT2D eigenvalue weighted by molar-refractivity contribution is 14.1. The Morgan fingerprint density at radius 1 is 0.969 bits per heavy atom. The summed E-state index contributed by atoms with van der Waals surface area (Å²) in [4.78, 5) is 14.9. The fraction of sp³-hybridized carbons (Fsp3) is 0.296. The highest BCUT2D eigenvalue weighted by atomic mass is 127. The molecule has 1 aliphatic heterocycles. The highest BCUT2D eigenvalue weighted by Gasteiger charge is 2.36. The summed E-state index contributed by atoms with van der Waals surface area (Å²) in [5.41, 5.74) is 6.10. The van der Waals surface area contributed by atoms with Crippen LogP contribution in [0, 0.1) is 6.92 Å². The van der Waals surface area contributed by atoms with E-state index in [1.807, 2.05) is 36.1 Å². The van der Waals surface area contributed by atoms with Gasteiger partial charge in [-0.05, 0) is 53.3 Å². The minimum absolute atomic E-state index is 0.0214. The molecule has 3 aromatic rings. The summed E-state index contributed by atoms with van der Waals surface area (Å²) in [6, 6.07) is 24.9. The second kappa shape index (κ2) is 9.14. The van der Waals surface area contributed by atoms with Crippen molar-refractivity contribution in [1.29, 1.82) is 0 Å². The normalized spacial score (nSPS) is 19.5. The van der Waals surface area contributed by atoms with Crippen molar-refractivity contribution in [3.63, 3.8) is 0 Å². The fourth-order valence-electron chi connectivity index (χ4n) is 4.82. The van der Waals surface area contributed by atoms with Crippen LogP contribution in [0.1, 0.15) is 29.0 Å². The molecule has 2 aliphatic rings. The second-order valence-electron chi connectivity index (χ2n) is 8.57. The zero-order chi connectivity index (χ0) is 22.1. The van der Waals surface area contributed by atoms with E-state index in [0.29, 0.717) is 23.7 Å². The Morgan fingerprint density at radius 3 is 2.34 bits per heavy atom. The number of rotatable bonds is 5. The van der Waals surface area contributed by atoms with Gasteiger partial charge in [-0.2, -0.15) is 0 Å². The lowest BCUT2D eigenvalue weighted by Crippen LogP contribution is -2.40. The molecule has 1 saturated heterocycles. The van der Waals surface area contributed by atoms with Crippen LogP contribution in [0.2, 0.25) is 0 Å². The van der Waals surface area contributed by atoms with Gasteiger partial charge in [-0.15, -0.1) is 0 Å². The summed E-state index contributed by atoms with van der Waals surface area (Å²) in [7, 11) is 0. The molecule has 1 aliphatic carbocycles. The molecule has 5 heteroatoms. The first-order chi connectivity index (χ1) is 15.6. The van der Waals surface area contributed by atoms with Crippen LogP contribution in [0.25, 0.3) is 11.1 Å². The minimum atomic E-state index is -0.246. The van der Waals surface area contributed by atoms with Crippen LogP contribution in [0.4, 0.5) is 4.79 Å². The van der Waals surface area contributed by atoms with Crippen molar-refractivity contribution < 1.29 is 14.3 Å². The molecule has 0 saturated carbocycles. The van der Waals surface area contributed by atoms with E-state index in [-0.39, 0.29) is 18.1 Å². The molecular weight excluding hydrogens is 513 g/mol. The quantitative estimate of drug-likeness (QED) is 0.286. The van der Waals surface area contributed by atoms with E-state index >= 15 is 0 Å². The van der Waals surface area contributed by atoms with Crippen molar-refractivity contribution in [3.8, 4) is 16.9 Å². The lowest BCUT2D eigenvalue weighted by Gasteiger charge is -2.25. The third-order valence-corrected chi connectivity index (χ3v) is 7.27. The average Bonchev–Trinajstić information content (AvgIpc) is 3.34. The number of alkyl halides is 1. The SMILES string of the molecule is Cc1cccc(OC[C@@H]2C[C@@H](I)CN2C(=O)OCC2c3ccccc3-c3ccccc32)c1. The van der Waals surface area contributed by atoms with Crippen LogP contribution in [0.15, 0.2) is 72.8 Å². The number of amides is 1. The number of hydrogen-bond acceptors (Lipinski definition) is 3. The number of carbonyl (C=O) groups is 1. The standard InChI is InChI=1S/C27H26INO3/c1-18-7-6-8-21(13-18)31-16-20-14-19(28)15-29(20)27(30)32-17-26-24-11-4-2-9-22(24)23-10-3-5-12-25(23)26/h2-13,19-20,26H,14-17H2,1H3/t19-,20+/m1/s1. The molecule has 32 heavy (non-hydrogen) atoms. The third kappa shape index (κ3) is 4.22. The largest absolute Gasteiger partial charge is 0.491 e. The number of hydrogen-bond donors (Lipinski definition) is 0. The zero-order valence-corrected chi connectivity index (χ0v) is 20.2. The highest BCUT2D eigenvalue weighted by Crippen LogP contribution is 2.44. The Bertz CT molecular complexity index is 1090. The molecule has 0 unspecified atom stereocenters. The van der Waals surface area contributed by atoms with Crippen LogP contribution in [0.3, 0.4) is 0 Å². The van der Waals surface area contributed by atoms with Crippen molar-refractivity contribution in [2.75, 3.05) is 19.8 Å². The Hall–Kier alpha value is -2.54.